The van der Waals surface area contributed by atoms with Crippen molar-refractivity contribution in [3.8, 4) is 45.0 Å². The van der Waals surface area contributed by atoms with Gasteiger partial charge in [0.05, 0.1) is 33.6 Å². The number of pyridine rings is 2. The molecule has 7 rings (SSSR count). The normalized spacial score (nSPS) is 11.9. The Morgan fingerprint density at radius 1 is 0.263 bits per heavy atom. The Hall–Kier alpha value is -6.42. The molecule has 0 spiro atoms. The molecule has 294 valence electrons. The molecular formula is C34H2F20N2O. The molecule has 4 aromatic carbocycles. The van der Waals surface area contributed by atoms with Gasteiger partial charge in [0, 0.05) is 10.8 Å². The number of aromatic nitrogens is 2. The molecule has 0 aliphatic carbocycles. The highest BCUT2D eigenvalue weighted by Crippen LogP contribution is 2.46. The molecular weight excluding hydrogens is 832 g/mol. The first-order chi connectivity index (χ1) is 26.6. The number of furan rings is 1. The number of hydrogen-bond acceptors (Lipinski definition) is 3. The zero-order valence-corrected chi connectivity index (χ0v) is 26.0. The van der Waals surface area contributed by atoms with Crippen molar-refractivity contribution >= 4 is 21.9 Å². The van der Waals surface area contributed by atoms with Gasteiger partial charge >= 0.3 is 0 Å². The highest BCUT2D eigenvalue weighted by molar-refractivity contribution is 6.14. The van der Waals surface area contributed by atoms with Crippen LogP contribution in [0.3, 0.4) is 0 Å². The quantitative estimate of drug-likeness (QED) is 0.101. The standard InChI is InChI=1S/C34H2F20N2O/c35-11-7(12(36)20(44)27(51)19(11)43)5-1-3-4-2-6(8-13(37)21(45)28(52)22(46)14(8)38)56-32(10-17(41)25(49)30(54)26(50)18(10)42)34(4)57-33(3)31(55-5)9-15(39)23(47)29(53)24(48)16(9)40/h1-2H. The molecule has 0 amide bonds. The Bertz CT molecular complexity index is 2670. The van der Waals surface area contributed by atoms with Gasteiger partial charge in [0.15, 0.2) is 104 Å². The molecule has 23 heteroatoms. The lowest BCUT2D eigenvalue weighted by molar-refractivity contribution is 0.380. The van der Waals surface area contributed by atoms with Gasteiger partial charge in [0.2, 0.25) is 23.3 Å². The van der Waals surface area contributed by atoms with Gasteiger partial charge < -0.3 is 4.42 Å². The van der Waals surface area contributed by atoms with Gasteiger partial charge in [-0.05, 0) is 12.1 Å². The molecule has 0 radical (unpaired) electrons. The van der Waals surface area contributed by atoms with E-state index in [1.165, 1.54) is 0 Å². The molecule has 0 fully saturated rings. The Balaban J connectivity index is 1.78. The van der Waals surface area contributed by atoms with Crippen LogP contribution < -0.4 is 0 Å². The molecule has 0 aliphatic rings. The Morgan fingerprint density at radius 3 is 0.684 bits per heavy atom. The maximum Gasteiger partial charge on any atom is 0.200 e. The predicted octanol–water partition coefficient (Wildman–Crippen LogP) is 11.8. The average molecular weight is 834 g/mol. The number of rotatable bonds is 4. The van der Waals surface area contributed by atoms with Crippen LogP contribution in [-0.4, -0.2) is 9.97 Å². The third kappa shape index (κ3) is 5.30. The Labute approximate surface area is 298 Å². The third-order valence-electron chi connectivity index (χ3n) is 8.27. The topological polar surface area (TPSA) is 38.9 Å². The van der Waals surface area contributed by atoms with Crippen LogP contribution in [0.5, 0.6) is 0 Å². The predicted molar refractivity (Wildman–Crippen MR) is 150 cm³/mol. The minimum absolute atomic E-state index is 0.0830. The lowest BCUT2D eigenvalue weighted by atomic mass is 9.99. The fourth-order valence-corrected chi connectivity index (χ4v) is 5.66. The third-order valence-corrected chi connectivity index (χ3v) is 8.27. The van der Waals surface area contributed by atoms with Crippen LogP contribution in [0.1, 0.15) is 0 Å². The van der Waals surface area contributed by atoms with Crippen LogP contribution in [0.4, 0.5) is 87.8 Å². The van der Waals surface area contributed by atoms with Crippen molar-refractivity contribution < 1.29 is 92.2 Å². The molecule has 0 atom stereocenters. The van der Waals surface area contributed by atoms with Gasteiger partial charge in [-0.1, -0.05) is 0 Å². The largest absolute Gasteiger partial charge is 0.451 e. The smallest absolute Gasteiger partial charge is 0.200 e. The summed E-state index contributed by atoms with van der Waals surface area (Å²) in [4.78, 5) is 6.52. The maximum atomic E-state index is 15.3. The SMILES string of the molecule is Fc1c(F)c(F)c(-c2cc3c(oc4c(-c5c(F)c(F)c(F)c(F)c5F)nc(-c5c(F)c(F)c(F)c(F)c5F)cc43)c(-c3c(F)c(F)c(F)c(F)c3F)n2)c(F)c1F. The van der Waals surface area contributed by atoms with E-state index in [1.807, 2.05) is 0 Å². The molecule has 0 aliphatic heterocycles. The summed E-state index contributed by atoms with van der Waals surface area (Å²) in [6, 6.07) is 0.166. The first-order valence-electron chi connectivity index (χ1n) is 14.5. The first-order valence-corrected chi connectivity index (χ1v) is 14.5. The van der Waals surface area contributed by atoms with E-state index in [0.717, 1.165) is 0 Å². The highest BCUT2D eigenvalue weighted by atomic mass is 19.2. The fourth-order valence-electron chi connectivity index (χ4n) is 5.66. The van der Waals surface area contributed by atoms with E-state index in [1.54, 1.807) is 0 Å². The van der Waals surface area contributed by atoms with Crippen molar-refractivity contribution in [1.82, 2.24) is 9.97 Å². The van der Waals surface area contributed by atoms with Crippen molar-refractivity contribution in [2.24, 2.45) is 0 Å². The van der Waals surface area contributed by atoms with E-state index in [9.17, 15) is 52.7 Å². The van der Waals surface area contributed by atoms with Crippen LogP contribution in [-0.2, 0) is 0 Å². The van der Waals surface area contributed by atoms with Gasteiger partial charge in [-0.2, -0.15) is 0 Å². The zero-order chi connectivity index (χ0) is 42.0. The van der Waals surface area contributed by atoms with Crippen molar-refractivity contribution in [3.63, 3.8) is 0 Å². The summed E-state index contributed by atoms with van der Waals surface area (Å²) in [7, 11) is 0. The summed E-state index contributed by atoms with van der Waals surface area (Å²) in [5, 5.41) is -2.56. The minimum atomic E-state index is -2.87. The fraction of sp³-hybridized carbons (Fsp3) is 0. The molecule has 3 heterocycles. The summed E-state index contributed by atoms with van der Waals surface area (Å²) >= 11 is 0. The van der Waals surface area contributed by atoms with E-state index in [-0.39, 0.29) is 12.1 Å². The summed E-state index contributed by atoms with van der Waals surface area (Å²) in [5.74, 6) is -56.0. The molecule has 3 aromatic heterocycles. The summed E-state index contributed by atoms with van der Waals surface area (Å²) in [5.41, 5.74) is -19.0. The van der Waals surface area contributed by atoms with E-state index in [2.05, 4.69) is 9.97 Å². The van der Waals surface area contributed by atoms with Crippen LogP contribution in [0.15, 0.2) is 16.5 Å². The highest BCUT2D eigenvalue weighted by Gasteiger charge is 2.36. The number of hydrogen-bond donors (Lipinski definition) is 0. The van der Waals surface area contributed by atoms with Crippen molar-refractivity contribution in [1.29, 1.82) is 0 Å². The van der Waals surface area contributed by atoms with Gasteiger partial charge in [0.25, 0.3) is 0 Å². The lowest BCUT2D eigenvalue weighted by Gasteiger charge is -2.12. The number of nitrogens with zero attached hydrogens (tertiary/aromatic N) is 2. The van der Waals surface area contributed by atoms with Gasteiger partial charge in [-0.15, -0.1) is 0 Å². The second-order valence-corrected chi connectivity index (χ2v) is 11.3. The van der Waals surface area contributed by atoms with Crippen LogP contribution >= 0.6 is 0 Å². The monoisotopic (exact) mass is 834 g/mol. The molecule has 7 aromatic rings. The van der Waals surface area contributed by atoms with E-state index >= 15 is 35.1 Å². The molecule has 0 N–H and O–H groups in total. The van der Waals surface area contributed by atoms with E-state index in [4.69, 9.17) is 4.42 Å². The van der Waals surface area contributed by atoms with Crippen molar-refractivity contribution in [2.45, 2.75) is 0 Å². The van der Waals surface area contributed by atoms with Gasteiger partial charge in [0.1, 0.15) is 11.4 Å². The molecule has 57 heavy (non-hydrogen) atoms. The van der Waals surface area contributed by atoms with Crippen molar-refractivity contribution in [3.05, 3.63) is 128 Å². The summed E-state index contributed by atoms with van der Waals surface area (Å²) in [6.07, 6.45) is 0. The number of fused-ring (bicyclic) bond motifs is 3. The number of halogens is 20. The second kappa shape index (κ2) is 13.1. The van der Waals surface area contributed by atoms with Crippen LogP contribution in [0.25, 0.3) is 67.0 Å². The summed E-state index contributed by atoms with van der Waals surface area (Å²) < 4.78 is 298. The molecule has 0 saturated heterocycles. The molecule has 0 saturated carbocycles. The molecule has 0 bridgehead atoms. The second-order valence-electron chi connectivity index (χ2n) is 11.3. The Kier molecular flexibility index (Phi) is 8.91. The lowest BCUT2D eigenvalue weighted by Crippen LogP contribution is -2.07. The van der Waals surface area contributed by atoms with E-state index < -0.39 is 183 Å². The summed E-state index contributed by atoms with van der Waals surface area (Å²) in [6.45, 7) is 0. The van der Waals surface area contributed by atoms with Crippen molar-refractivity contribution in [2.75, 3.05) is 0 Å². The molecule has 0 unspecified atom stereocenters. The zero-order valence-electron chi connectivity index (χ0n) is 26.0. The Morgan fingerprint density at radius 2 is 0.456 bits per heavy atom. The van der Waals surface area contributed by atoms with Gasteiger partial charge in [-0.25, -0.2) is 97.8 Å². The first kappa shape index (κ1) is 38.8. The molecule has 3 nitrogen and oxygen atoms in total. The minimum Gasteiger partial charge on any atom is -0.451 e. The number of benzene rings is 4. The van der Waals surface area contributed by atoms with Crippen LogP contribution in [0.2, 0.25) is 0 Å². The van der Waals surface area contributed by atoms with E-state index in [0.29, 0.717) is 0 Å². The van der Waals surface area contributed by atoms with Gasteiger partial charge in [-0.3, -0.25) is 0 Å². The van der Waals surface area contributed by atoms with Crippen LogP contribution in [0, 0.1) is 116 Å². The average Bonchev–Trinajstić information content (AvgIpc) is 3.56. The maximum absolute atomic E-state index is 15.3.